The van der Waals surface area contributed by atoms with Crippen molar-refractivity contribution in [3.8, 4) is 11.5 Å². The molecule has 5 heteroatoms. The van der Waals surface area contributed by atoms with Crippen LogP contribution in [0, 0.1) is 0 Å². The van der Waals surface area contributed by atoms with Gasteiger partial charge in [0.05, 0.1) is 6.04 Å². The van der Waals surface area contributed by atoms with Gasteiger partial charge in [0, 0.05) is 12.1 Å². The van der Waals surface area contributed by atoms with E-state index >= 15 is 0 Å². The molecule has 1 aliphatic rings. The molecule has 0 amide bonds. The molecule has 17 heavy (non-hydrogen) atoms. The van der Waals surface area contributed by atoms with E-state index in [1.807, 2.05) is 0 Å². The number of hydroxylamine groups is 2. The molecule has 0 bridgehead atoms. The van der Waals surface area contributed by atoms with Crippen LogP contribution in [0.2, 0.25) is 0 Å². The van der Waals surface area contributed by atoms with E-state index in [9.17, 15) is 10.0 Å². The largest absolute Gasteiger partial charge is 0.454 e. The first-order valence-electron chi connectivity index (χ1n) is 5.53. The first-order valence-corrected chi connectivity index (χ1v) is 5.53. The van der Waals surface area contributed by atoms with Crippen LogP contribution in [0.3, 0.4) is 0 Å². The van der Waals surface area contributed by atoms with E-state index in [0.29, 0.717) is 23.6 Å². The highest BCUT2D eigenvalue weighted by Crippen LogP contribution is 2.32. The van der Waals surface area contributed by atoms with E-state index in [0.717, 1.165) is 5.06 Å². The first-order chi connectivity index (χ1) is 8.13. The summed E-state index contributed by atoms with van der Waals surface area (Å²) < 4.78 is 10.4. The number of rotatable bonds is 4. The number of fused-ring (bicyclic) bond motifs is 1. The van der Waals surface area contributed by atoms with Crippen molar-refractivity contribution in [3.05, 3.63) is 23.8 Å². The second-order valence-corrected chi connectivity index (χ2v) is 3.86. The fourth-order valence-electron chi connectivity index (χ4n) is 1.70. The summed E-state index contributed by atoms with van der Waals surface area (Å²) in [5.41, 5.74) is 0.509. The van der Waals surface area contributed by atoms with Crippen LogP contribution in [0.4, 0.5) is 0 Å². The number of benzene rings is 1. The van der Waals surface area contributed by atoms with Gasteiger partial charge in [0.25, 0.3) is 0 Å². The predicted molar refractivity (Wildman–Crippen MR) is 60.5 cm³/mol. The van der Waals surface area contributed by atoms with E-state index in [1.165, 1.54) is 0 Å². The van der Waals surface area contributed by atoms with Gasteiger partial charge in [0.15, 0.2) is 17.3 Å². The third kappa shape index (κ3) is 2.25. The van der Waals surface area contributed by atoms with Gasteiger partial charge in [0.2, 0.25) is 6.79 Å². The summed E-state index contributed by atoms with van der Waals surface area (Å²) in [6.07, 6.45) is 0. The summed E-state index contributed by atoms with van der Waals surface area (Å²) >= 11 is 0. The fraction of sp³-hybridized carbons (Fsp3) is 0.417. The van der Waals surface area contributed by atoms with Crippen molar-refractivity contribution < 1.29 is 19.5 Å². The van der Waals surface area contributed by atoms with Crippen LogP contribution in [0.5, 0.6) is 11.5 Å². The fourth-order valence-corrected chi connectivity index (χ4v) is 1.70. The lowest BCUT2D eigenvalue weighted by Crippen LogP contribution is -2.36. The molecule has 1 atom stereocenters. The standard InChI is InChI=1S/C12H15NO4/c1-3-13(15)8(2)12(14)9-4-5-10-11(6-9)17-7-16-10/h4-6,8,15H,3,7H2,1-2H3/t8-/m0/s1. The normalized spacial score (nSPS) is 15.1. The monoisotopic (exact) mass is 237 g/mol. The third-order valence-electron chi connectivity index (χ3n) is 2.81. The number of carbonyl (C=O) groups excluding carboxylic acids is 1. The van der Waals surface area contributed by atoms with Crippen molar-refractivity contribution in [2.24, 2.45) is 0 Å². The van der Waals surface area contributed by atoms with Crippen LogP contribution >= 0.6 is 0 Å². The Morgan fingerprint density at radius 2 is 2.18 bits per heavy atom. The van der Waals surface area contributed by atoms with Crippen molar-refractivity contribution in [2.45, 2.75) is 19.9 Å². The maximum Gasteiger partial charge on any atom is 0.231 e. The van der Waals surface area contributed by atoms with Gasteiger partial charge in [-0.2, -0.15) is 5.06 Å². The first kappa shape index (κ1) is 11.9. The molecule has 0 unspecified atom stereocenters. The smallest absolute Gasteiger partial charge is 0.231 e. The van der Waals surface area contributed by atoms with Gasteiger partial charge in [-0.15, -0.1) is 0 Å². The van der Waals surface area contributed by atoms with Gasteiger partial charge in [0.1, 0.15) is 0 Å². The Bertz CT molecular complexity index is 433. The minimum absolute atomic E-state index is 0.146. The van der Waals surface area contributed by atoms with Crippen molar-refractivity contribution in [3.63, 3.8) is 0 Å². The van der Waals surface area contributed by atoms with E-state index < -0.39 is 6.04 Å². The van der Waals surface area contributed by atoms with Crippen molar-refractivity contribution in [1.29, 1.82) is 0 Å². The molecule has 0 spiro atoms. The summed E-state index contributed by atoms with van der Waals surface area (Å²) in [7, 11) is 0. The highest BCUT2D eigenvalue weighted by molar-refractivity contribution is 6.00. The Labute approximate surface area is 99.5 Å². The number of hydrogen-bond acceptors (Lipinski definition) is 5. The number of likely N-dealkylation sites (N-methyl/N-ethyl adjacent to an activating group) is 1. The Morgan fingerprint density at radius 1 is 1.47 bits per heavy atom. The zero-order chi connectivity index (χ0) is 12.4. The van der Waals surface area contributed by atoms with Gasteiger partial charge in [-0.3, -0.25) is 4.79 Å². The molecule has 1 N–H and O–H groups in total. The van der Waals surface area contributed by atoms with Crippen LogP contribution in [0.1, 0.15) is 24.2 Å². The average Bonchev–Trinajstić information content (AvgIpc) is 2.83. The molecular weight excluding hydrogens is 222 g/mol. The van der Waals surface area contributed by atoms with Crippen LogP contribution in [0.25, 0.3) is 0 Å². The topological polar surface area (TPSA) is 59.0 Å². The highest BCUT2D eigenvalue weighted by Gasteiger charge is 2.22. The highest BCUT2D eigenvalue weighted by atomic mass is 16.7. The molecule has 0 radical (unpaired) electrons. The Hall–Kier alpha value is -1.59. The zero-order valence-corrected chi connectivity index (χ0v) is 9.84. The van der Waals surface area contributed by atoms with Crippen LogP contribution < -0.4 is 9.47 Å². The molecule has 1 heterocycles. The van der Waals surface area contributed by atoms with E-state index in [4.69, 9.17) is 9.47 Å². The van der Waals surface area contributed by atoms with E-state index in [-0.39, 0.29) is 12.6 Å². The van der Waals surface area contributed by atoms with E-state index in [2.05, 4.69) is 0 Å². The van der Waals surface area contributed by atoms with Gasteiger partial charge >= 0.3 is 0 Å². The predicted octanol–water partition coefficient (Wildman–Crippen LogP) is 1.70. The Kier molecular flexibility index (Phi) is 3.31. The lowest BCUT2D eigenvalue weighted by atomic mass is 10.0. The Morgan fingerprint density at radius 3 is 2.88 bits per heavy atom. The molecule has 2 rings (SSSR count). The molecule has 0 aliphatic carbocycles. The molecular formula is C12H15NO4. The second kappa shape index (κ2) is 4.73. The number of Topliss-reactive ketones (excluding diaryl/α,β-unsaturated/α-hetero) is 1. The molecule has 1 aromatic rings. The summed E-state index contributed by atoms with van der Waals surface area (Å²) in [5, 5.41) is 10.5. The Balaban J connectivity index is 2.20. The summed E-state index contributed by atoms with van der Waals surface area (Å²) in [6, 6.07) is 4.46. The molecule has 5 nitrogen and oxygen atoms in total. The second-order valence-electron chi connectivity index (χ2n) is 3.86. The molecule has 0 aromatic heterocycles. The number of ether oxygens (including phenoxy) is 2. The number of ketones is 1. The molecule has 0 saturated heterocycles. The average molecular weight is 237 g/mol. The van der Waals surface area contributed by atoms with Crippen molar-refractivity contribution in [1.82, 2.24) is 5.06 Å². The maximum absolute atomic E-state index is 12.0. The molecule has 92 valence electrons. The van der Waals surface area contributed by atoms with Gasteiger partial charge in [-0.05, 0) is 25.1 Å². The number of carbonyl (C=O) groups is 1. The molecule has 0 fully saturated rings. The maximum atomic E-state index is 12.0. The minimum atomic E-state index is -0.569. The SMILES string of the molecule is CCN(O)[C@@H](C)C(=O)c1ccc2c(c1)OCO2. The zero-order valence-electron chi connectivity index (χ0n) is 9.84. The van der Waals surface area contributed by atoms with Crippen molar-refractivity contribution in [2.75, 3.05) is 13.3 Å². The summed E-state index contributed by atoms with van der Waals surface area (Å²) in [4.78, 5) is 12.0. The van der Waals surface area contributed by atoms with Crippen LogP contribution in [0.15, 0.2) is 18.2 Å². The minimum Gasteiger partial charge on any atom is -0.454 e. The lowest BCUT2D eigenvalue weighted by Gasteiger charge is -2.19. The number of nitrogens with zero attached hydrogens (tertiary/aromatic N) is 1. The van der Waals surface area contributed by atoms with Crippen molar-refractivity contribution >= 4 is 5.78 Å². The lowest BCUT2D eigenvalue weighted by molar-refractivity contribution is -0.105. The van der Waals surface area contributed by atoms with Gasteiger partial charge < -0.3 is 14.7 Å². The quantitative estimate of drug-likeness (QED) is 0.638. The third-order valence-corrected chi connectivity index (χ3v) is 2.81. The van der Waals surface area contributed by atoms with E-state index in [1.54, 1.807) is 32.0 Å². The molecule has 0 saturated carbocycles. The number of hydrogen-bond donors (Lipinski definition) is 1. The van der Waals surface area contributed by atoms with Crippen LogP contribution in [-0.2, 0) is 0 Å². The van der Waals surface area contributed by atoms with Gasteiger partial charge in [-0.1, -0.05) is 6.92 Å². The summed E-state index contributed by atoms with van der Waals surface area (Å²) in [5.74, 6) is 1.07. The molecule has 1 aliphatic heterocycles. The van der Waals surface area contributed by atoms with Crippen LogP contribution in [-0.4, -0.2) is 35.4 Å². The molecule has 1 aromatic carbocycles. The summed E-state index contributed by atoms with van der Waals surface area (Å²) in [6.45, 7) is 4.03. The van der Waals surface area contributed by atoms with Gasteiger partial charge in [-0.25, -0.2) is 0 Å².